The second-order valence-electron chi connectivity index (χ2n) is 3.55. The molecule has 3 heteroatoms. The summed E-state index contributed by atoms with van der Waals surface area (Å²) in [6.45, 7) is 2.00. The van der Waals surface area contributed by atoms with Gasteiger partial charge in [-0.15, -0.1) is 0 Å². The van der Waals surface area contributed by atoms with Crippen molar-refractivity contribution in [1.29, 1.82) is 0 Å². The number of nitrogens with zero attached hydrogens (tertiary/aromatic N) is 1. The maximum Gasteiger partial charge on any atom is 0.264 e. The summed E-state index contributed by atoms with van der Waals surface area (Å²) in [6, 6.07) is 1.78. The molecule has 1 N–H and O–H groups in total. The molecule has 1 heterocycles. The number of rotatable bonds is 2. The van der Waals surface area contributed by atoms with Crippen LogP contribution in [0.25, 0.3) is 0 Å². The molecule has 0 atom stereocenters. The summed E-state index contributed by atoms with van der Waals surface area (Å²) in [5.41, 5.74) is 2.30. The minimum absolute atomic E-state index is 0.253. The Morgan fingerprint density at radius 3 is 2.77 bits per heavy atom. The molecule has 0 amide bonds. The molecule has 1 aromatic heterocycles. The Kier molecular flexibility index (Phi) is 1.87. The first-order valence-corrected chi connectivity index (χ1v) is 4.52. The van der Waals surface area contributed by atoms with Crippen molar-refractivity contribution in [2.75, 3.05) is 7.11 Å². The van der Waals surface area contributed by atoms with Crippen LogP contribution in [-0.2, 0) is 0 Å². The lowest BCUT2D eigenvalue weighted by Crippen LogP contribution is -2.44. The maximum atomic E-state index is 9.35. The summed E-state index contributed by atoms with van der Waals surface area (Å²) in [5.74, 6) is 0.879. The highest BCUT2D eigenvalue weighted by atomic mass is 16.6. The number of aryl methyl sites for hydroxylation is 1. The zero-order valence-corrected chi connectivity index (χ0v) is 7.95. The van der Waals surface area contributed by atoms with Gasteiger partial charge in [0.15, 0.2) is 5.75 Å². The van der Waals surface area contributed by atoms with E-state index in [-0.39, 0.29) is 5.75 Å². The van der Waals surface area contributed by atoms with Crippen LogP contribution < -0.4 is 9.57 Å². The standard InChI is InChI=1S/C10H13NO2/c1-7-5-9(12)6-11(13-2)10(7)8-3-4-8/h5-6,8H,3-4H2,1-2H3/p+1. The van der Waals surface area contributed by atoms with Crippen LogP contribution in [0.5, 0.6) is 5.75 Å². The van der Waals surface area contributed by atoms with Crippen molar-refractivity contribution in [3.63, 3.8) is 0 Å². The van der Waals surface area contributed by atoms with Gasteiger partial charge in [0.05, 0.1) is 0 Å². The van der Waals surface area contributed by atoms with Gasteiger partial charge in [0.2, 0.25) is 5.69 Å². The van der Waals surface area contributed by atoms with E-state index in [1.54, 1.807) is 24.1 Å². The van der Waals surface area contributed by atoms with Gasteiger partial charge >= 0.3 is 0 Å². The van der Waals surface area contributed by atoms with Gasteiger partial charge in [0, 0.05) is 16.2 Å². The van der Waals surface area contributed by atoms with E-state index in [9.17, 15) is 5.11 Å². The van der Waals surface area contributed by atoms with E-state index < -0.39 is 0 Å². The van der Waals surface area contributed by atoms with E-state index in [0.29, 0.717) is 5.92 Å². The molecule has 1 aliphatic rings. The second kappa shape index (κ2) is 2.91. The lowest BCUT2D eigenvalue weighted by Gasteiger charge is -2.02. The molecule has 0 radical (unpaired) electrons. The van der Waals surface area contributed by atoms with Gasteiger partial charge in [-0.25, -0.2) is 0 Å². The molecule has 0 aliphatic heterocycles. The first kappa shape index (κ1) is 8.35. The van der Waals surface area contributed by atoms with E-state index >= 15 is 0 Å². The van der Waals surface area contributed by atoms with Crippen molar-refractivity contribution in [1.82, 2.24) is 0 Å². The van der Waals surface area contributed by atoms with Gasteiger partial charge in [-0.1, -0.05) is 0 Å². The average Bonchev–Trinajstić information content (AvgIpc) is 2.86. The third-order valence-corrected chi connectivity index (χ3v) is 2.42. The number of aromatic hydroxyl groups is 1. The molecule has 1 aliphatic carbocycles. The normalized spacial score (nSPS) is 15.8. The van der Waals surface area contributed by atoms with E-state index in [0.717, 1.165) is 5.56 Å². The van der Waals surface area contributed by atoms with E-state index in [1.165, 1.54) is 18.5 Å². The fourth-order valence-corrected chi connectivity index (χ4v) is 1.71. The third kappa shape index (κ3) is 1.46. The minimum atomic E-state index is 0.253. The van der Waals surface area contributed by atoms with Crippen LogP contribution >= 0.6 is 0 Å². The first-order chi connectivity index (χ1) is 6.22. The Morgan fingerprint density at radius 1 is 1.54 bits per heavy atom. The van der Waals surface area contributed by atoms with Crippen molar-refractivity contribution in [3.05, 3.63) is 23.5 Å². The maximum absolute atomic E-state index is 9.35. The molecular formula is C10H14NO2+. The van der Waals surface area contributed by atoms with Crippen molar-refractivity contribution in [3.8, 4) is 5.75 Å². The minimum Gasteiger partial charge on any atom is -0.503 e. The highest BCUT2D eigenvalue weighted by Crippen LogP contribution is 2.39. The molecule has 0 aromatic carbocycles. The monoisotopic (exact) mass is 180 g/mol. The number of aromatic nitrogens is 1. The van der Waals surface area contributed by atoms with Crippen LogP contribution in [0.4, 0.5) is 0 Å². The summed E-state index contributed by atoms with van der Waals surface area (Å²) >= 11 is 0. The summed E-state index contributed by atoms with van der Waals surface area (Å²) in [5, 5.41) is 9.35. The van der Waals surface area contributed by atoms with E-state index in [4.69, 9.17) is 4.84 Å². The fraction of sp³-hybridized carbons (Fsp3) is 0.500. The van der Waals surface area contributed by atoms with E-state index in [2.05, 4.69) is 0 Å². The molecule has 70 valence electrons. The number of hydrogen-bond acceptors (Lipinski definition) is 2. The molecule has 0 bridgehead atoms. The van der Waals surface area contributed by atoms with Gasteiger partial charge in [0.25, 0.3) is 6.20 Å². The van der Waals surface area contributed by atoms with Crippen molar-refractivity contribution < 1.29 is 14.7 Å². The molecule has 1 saturated carbocycles. The predicted octanol–water partition coefficient (Wildman–Crippen LogP) is 0.924. The molecule has 0 unspecified atom stereocenters. The summed E-state index contributed by atoms with van der Waals surface area (Å²) in [6.07, 6.45) is 4.07. The Morgan fingerprint density at radius 2 is 2.23 bits per heavy atom. The van der Waals surface area contributed by atoms with Crippen LogP contribution in [0.15, 0.2) is 12.3 Å². The Labute approximate surface area is 77.5 Å². The molecule has 1 fully saturated rings. The topological polar surface area (TPSA) is 33.3 Å². The summed E-state index contributed by atoms with van der Waals surface area (Å²) in [7, 11) is 1.62. The molecule has 2 rings (SSSR count). The summed E-state index contributed by atoms with van der Waals surface area (Å²) < 4.78 is 1.67. The zero-order valence-electron chi connectivity index (χ0n) is 7.95. The number of hydrogen-bond donors (Lipinski definition) is 1. The summed E-state index contributed by atoms with van der Waals surface area (Å²) in [4.78, 5) is 5.16. The van der Waals surface area contributed by atoms with Crippen LogP contribution in [0, 0.1) is 6.92 Å². The smallest absolute Gasteiger partial charge is 0.264 e. The number of pyridine rings is 1. The van der Waals surface area contributed by atoms with Crippen molar-refractivity contribution in [2.24, 2.45) is 0 Å². The van der Waals surface area contributed by atoms with Gasteiger partial charge in [-0.2, -0.15) is 0 Å². The van der Waals surface area contributed by atoms with Crippen LogP contribution in [-0.4, -0.2) is 12.2 Å². The molecular weight excluding hydrogens is 166 g/mol. The van der Waals surface area contributed by atoms with Gasteiger partial charge in [-0.05, 0) is 25.8 Å². The largest absolute Gasteiger partial charge is 0.503 e. The quantitative estimate of drug-likeness (QED) is 0.687. The zero-order chi connectivity index (χ0) is 9.42. The fourth-order valence-electron chi connectivity index (χ4n) is 1.71. The van der Waals surface area contributed by atoms with Crippen LogP contribution in [0.1, 0.15) is 30.0 Å². The van der Waals surface area contributed by atoms with Gasteiger partial charge < -0.3 is 5.11 Å². The average molecular weight is 180 g/mol. The third-order valence-electron chi connectivity index (χ3n) is 2.42. The molecule has 0 saturated heterocycles. The second-order valence-corrected chi connectivity index (χ2v) is 3.55. The lowest BCUT2D eigenvalue weighted by molar-refractivity contribution is -0.891. The van der Waals surface area contributed by atoms with E-state index in [1.807, 2.05) is 6.92 Å². The van der Waals surface area contributed by atoms with Gasteiger partial charge in [0.1, 0.15) is 7.11 Å². The van der Waals surface area contributed by atoms with Gasteiger partial charge in [-0.3, -0.25) is 4.84 Å². The lowest BCUT2D eigenvalue weighted by atomic mass is 10.1. The molecule has 0 spiro atoms. The Hall–Kier alpha value is -1.25. The molecule has 13 heavy (non-hydrogen) atoms. The Balaban J connectivity index is 2.50. The Bertz CT molecular complexity index is 332. The van der Waals surface area contributed by atoms with Crippen LogP contribution in [0.3, 0.4) is 0 Å². The SMILES string of the molecule is CO[n+]1cc(O)cc(C)c1C1CC1. The highest BCUT2D eigenvalue weighted by Gasteiger charge is 2.35. The molecule has 3 nitrogen and oxygen atoms in total. The first-order valence-electron chi connectivity index (χ1n) is 4.52. The van der Waals surface area contributed by atoms with Crippen LogP contribution in [0.2, 0.25) is 0 Å². The molecule has 1 aromatic rings. The highest BCUT2D eigenvalue weighted by molar-refractivity contribution is 5.27. The van der Waals surface area contributed by atoms with Crippen molar-refractivity contribution >= 4 is 0 Å². The predicted molar refractivity (Wildman–Crippen MR) is 47.5 cm³/mol. The van der Waals surface area contributed by atoms with Crippen molar-refractivity contribution in [2.45, 2.75) is 25.7 Å².